The minimum atomic E-state index is -4.50. The van der Waals surface area contributed by atoms with E-state index >= 15 is 0 Å². The maximum Gasteiger partial charge on any atom is 0.419 e. The third-order valence-electron chi connectivity index (χ3n) is 2.58. The van der Waals surface area contributed by atoms with Gasteiger partial charge in [-0.2, -0.15) is 13.2 Å². The van der Waals surface area contributed by atoms with E-state index < -0.39 is 23.7 Å². The molecule has 0 aliphatic rings. The van der Waals surface area contributed by atoms with Crippen molar-refractivity contribution in [3.05, 3.63) is 29.8 Å². The molecule has 20 heavy (non-hydrogen) atoms. The number of primary amides is 1. The number of rotatable bonds is 7. The average Bonchev–Trinajstić information content (AvgIpc) is 2.37. The SMILES string of the molecule is CCCNC(COc1ccccc1C(F)(F)F)C(N)=O. The van der Waals surface area contributed by atoms with Crippen LogP contribution in [0.15, 0.2) is 24.3 Å². The lowest BCUT2D eigenvalue weighted by molar-refractivity contribution is -0.139. The molecule has 3 N–H and O–H groups in total. The van der Waals surface area contributed by atoms with E-state index in [0.717, 1.165) is 12.5 Å². The highest BCUT2D eigenvalue weighted by molar-refractivity contribution is 5.80. The summed E-state index contributed by atoms with van der Waals surface area (Å²) in [5, 5.41) is 2.82. The summed E-state index contributed by atoms with van der Waals surface area (Å²) in [6.45, 7) is 2.17. The second kappa shape index (κ2) is 7.14. The Balaban J connectivity index is 2.75. The van der Waals surface area contributed by atoms with E-state index in [1.54, 1.807) is 0 Å². The quantitative estimate of drug-likeness (QED) is 0.806. The Labute approximate surface area is 115 Å². The molecule has 1 atom stereocenters. The zero-order chi connectivity index (χ0) is 15.2. The monoisotopic (exact) mass is 290 g/mol. The largest absolute Gasteiger partial charge is 0.491 e. The normalized spacial score (nSPS) is 13.0. The van der Waals surface area contributed by atoms with E-state index in [1.165, 1.54) is 18.2 Å². The fraction of sp³-hybridized carbons (Fsp3) is 0.462. The number of benzene rings is 1. The Morgan fingerprint density at radius 2 is 2.05 bits per heavy atom. The zero-order valence-corrected chi connectivity index (χ0v) is 11.0. The highest BCUT2D eigenvalue weighted by Gasteiger charge is 2.34. The van der Waals surface area contributed by atoms with Crippen LogP contribution >= 0.6 is 0 Å². The van der Waals surface area contributed by atoms with E-state index in [9.17, 15) is 18.0 Å². The van der Waals surface area contributed by atoms with Crippen LogP contribution in [0.2, 0.25) is 0 Å². The summed E-state index contributed by atoms with van der Waals surface area (Å²) in [5.74, 6) is -0.979. The fourth-order valence-electron chi connectivity index (χ4n) is 1.56. The molecule has 0 bridgehead atoms. The van der Waals surface area contributed by atoms with Gasteiger partial charge in [0.15, 0.2) is 0 Å². The lowest BCUT2D eigenvalue weighted by Gasteiger charge is -2.18. The number of hydrogen-bond acceptors (Lipinski definition) is 3. The Bertz CT molecular complexity index is 449. The van der Waals surface area contributed by atoms with Gasteiger partial charge in [-0.3, -0.25) is 4.79 Å². The van der Waals surface area contributed by atoms with E-state index in [4.69, 9.17) is 10.5 Å². The summed E-state index contributed by atoms with van der Waals surface area (Å²) >= 11 is 0. The van der Waals surface area contributed by atoms with Crippen molar-refractivity contribution in [1.82, 2.24) is 5.32 Å². The van der Waals surface area contributed by atoms with Crippen molar-refractivity contribution in [1.29, 1.82) is 0 Å². The Hall–Kier alpha value is -1.76. The molecule has 1 aromatic rings. The molecule has 0 saturated carbocycles. The molecular weight excluding hydrogens is 273 g/mol. The minimum absolute atomic E-state index is 0.248. The predicted molar refractivity (Wildman–Crippen MR) is 68.2 cm³/mol. The molecule has 0 saturated heterocycles. The van der Waals surface area contributed by atoms with Crippen LogP contribution < -0.4 is 15.8 Å². The number of carbonyl (C=O) groups is 1. The fourth-order valence-corrected chi connectivity index (χ4v) is 1.56. The Kier molecular flexibility index (Phi) is 5.82. The summed E-state index contributed by atoms with van der Waals surface area (Å²) in [7, 11) is 0. The van der Waals surface area contributed by atoms with Gasteiger partial charge < -0.3 is 15.8 Å². The predicted octanol–water partition coefficient (Wildman–Crippen LogP) is 1.94. The van der Waals surface area contributed by atoms with Crippen LogP contribution in [0.25, 0.3) is 0 Å². The van der Waals surface area contributed by atoms with Gasteiger partial charge in [-0.1, -0.05) is 19.1 Å². The van der Waals surface area contributed by atoms with Crippen LogP contribution in [-0.4, -0.2) is 25.1 Å². The van der Waals surface area contributed by atoms with Crippen molar-refractivity contribution in [2.75, 3.05) is 13.2 Å². The molecule has 0 heterocycles. The van der Waals surface area contributed by atoms with Crippen molar-refractivity contribution in [2.45, 2.75) is 25.6 Å². The van der Waals surface area contributed by atoms with Crippen LogP contribution in [0.3, 0.4) is 0 Å². The van der Waals surface area contributed by atoms with Crippen LogP contribution in [0.5, 0.6) is 5.75 Å². The number of ether oxygens (including phenoxy) is 1. The molecule has 1 aromatic carbocycles. The average molecular weight is 290 g/mol. The van der Waals surface area contributed by atoms with E-state index in [1.807, 2.05) is 6.92 Å². The highest BCUT2D eigenvalue weighted by atomic mass is 19.4. The molecule has 1 unspecified atom stereocenters. The van der Waals surface area contributed by atoms with E-state index in [0.29, 0.717) is 6.54 Å². The van der Waals surface area contributed by atoms with Crippen LogP contribution in [0.1, 0.15) is 18.9 Å². The molecule has 0 aromatic heterocycles. The van der Waals surface area contributed by atoms with Crippen LogP contribution in [-0.2, 0) is 11.0 Å². The number of hydrogen-bond donors (Lipinski definition) is 2. The summed E-state index contributed by atoms with van der Waals surface area (Å²) in [5.41, 5.74) is 4.29. The first-order chi connectivity index (χ1) is 9.36. The molecule has 0 aliphatic heterocycles. The molecule has 4 nitrogen and oxygen atoms in total. The van der Waals surface area contributed by atoms with Gasteiger partial charge in [-0.05, 0) is 25.1 Å². The molecular formula is C13H17F3N2O2. The highest BCUT2D eigenvalue weighted by Crippen LogP contribution is 2.35. The summed E-state index contributed by atoms with van der Waals surface area (Å²) in [6, 6.07) is 4.02. The third-order valence-corrected chi connectivity index (χ3v) is 2.58. The molecule has 0 radical (unpaired) electrons. The van der Waals surface area contributed by atoms with E-state index in [-0.39, 0.29) is 12.4 Å². The molecule has 0 spiro atoms. The van der Waals surface area contributed by atoms with E-state index in [2.05, 4.69) is 5.32 Å². The summed E-state index contributed by atoms with van der Waals surface area (Å²) < 4.78 is 43.3. The molecule has 112 valence electrons. The van der Waals surface area contributed by atoms with Crippen molar-refractivity contribution in [3.63, 3.8) is 0 Å². The lowest BCUT2D eigenvalue weighted by atomic mass is 10.2. The lowest BCUT2D eigenvalue weighted by Crippen LogP contribution is -2.45. The minimum Gasteiger partial charge on any atom is -0.491 e. The number of carbonyl (C=O) groups excluding carboxylic acids is 1. The van der Waals surface area contributed by atoms with Crippen molar-refractivity contribution < 1.29 is 22.7 Å². The second-order valence-corrected chi connectivity index (χ2v) is 4.21. The molecule has 1 rings (SSSR count). The standard InChI is InChI=1S/C13H17F3N2O2/c1-2-7-18-10(12(17)19)8-20-11-6-4-3-5-9(11)13(14,15)16/h3-6,10,18H,2,7-8H2,1H3,(H2,17,19). The summed E-state index contributed by atoms with van der Waals surface area (Å²) in [6.07, 6.45) is -3.74. The number of halogens is 3. The van der Waals surface area contributed by atoms with Crippen molar-refractivity contribution >= 4 is 5.91 Å². The first kappa shape index (κ1) is 16.3. The molecule has 1 amide bonds. The zero-order valence-electron chi connectivity index (χ0n) is 11.0. The van der Waals surface area contributed by atoms with Gasteiger partial charge in [-0.25, -0.2) is 0 Å². The number of alkyl halides is 3. The number of nitrogens with two attached hydrogens (primary N) is 1. The van der Waals surface area contributed by atoms with Gasteiger partial charge in [-0.15, -0.1) is 0 Å². The topological polar surface area (TPSA) is 64.3 Å². The maximum absolute atomic E-state index is 12.7. The van der Waals surface area contributed by atoms with Gasteiger partial charge in [0.05, 0.1) is 5.56 Å². The summed E-state index contributed by atoms with van der Waals surface area (Å²) in [4.78, 5) is 11.2. The van der Waals surface area contributed by atoms with Gasteiger partial charge in [0.1, 0.15) is 18.4 Å². The van der Waals surface area contributed by atoms with Gasteiger partial charge >= 0.3 is 6.18 Å². The van der Waals surface area contributed by atoms with Crippen LogP contribution in [0, 0.1) is 0 Å². The first-order valence-corrected chi connectivity index (χ1v) is 6.18. The van der Waals surface area contributed by atoms with Crippen molar-refractivity contribution in [3.8, 4) is 5.75 Å². The Morgan fingerprint density at radius 1 is 1.40 bits per heavy atom. The van der Waals surface area contributed by atoms with Gasteiger partial charge in [0.2, 0.25) is 5.91 Å². The van der Waals surface area contributed by atoms with Crippen molar-refractivity contribution in [2.24, 2.45) is 5.73 Å². The second-order valence-electron chi connectivity index (χ2n) is 4.21. The molecule has 7 heteroatoms. The van der Waals surface area contributed by atoms with Gasteiger partial charge in [0.25, 0.3) is 0 Å². The number of nitrogens with one attached hydrogen (secondary N) is 1. The number of amides is 1. The van der Waals surface area contributed by atoms with Gasteiger partial charge in [0, 0.05) is 0 Å². The maximum atomic E-state index is 12.7. The first-order valence-electron chi connectivity index (χ1n) is 6.18. The Morgan fingerprint density at radius 3 is 2.60 bits per heavy atom. The third kappa shape index (κ3) is 4.73. The molecule has 0 aliphatic carbocycles. The van der Waals surface area contributed by atoms with Crippen LogP contribution in [0.4, 0.5) is 13.2 Å². The number of para-hydroxylation sites is 1. The smallest absolute Gasteiger partial charge is 0.419 e. The molecule has 0 fully saturated rings.